The number of carboxylic acid groups (broad SMARTS) is 1. The molecule has 0 bridgehead atoms. The van der Waals surface area contributed by atoms with Gasteiger partial charge in [-0.25, -0.2) is 4.79 Å². The Morgan fingerprint density at radius 3 is 2.81 bits per heavy atom. The Labute approximate surface area is 155 Å². The van der Waals surface area contributed by atoms with Crippen molar-refractivity contribution in [2.45, 2.75) is 26.0 Å². The number of nitrogens with one attached hydrogen (secondary N) is 1. The lowest BCUT2D eigenvalue weighted by Crippen LogP contribution is -2.38. The molecule has 0 saturated carbocycles. The average molecular weight is 366 g/mol. The number of para-hydroxylation sites is 1. The maximum absolute atomic E-state index is 13.1. The number of fused-ring (bicyclic) bond motifs is 2. The number of hydrogen-bond donors (Lipinski definition) is 2. The molecule has 0 radical (unpaired) electrons. The van der Waals surface area contributed by atoms with Gasteiger partial charge in [-0.05, 0) is 48.7 Å². The topological polar surface area (TPSA) is 95.9 Å². The summed E-state index contributed by atoms with van der Waals surface area (Å²) in [5.41, 5.74) is 2.96. The fourth-order valence-corrected chi connectivity index (χ4v) is 3.43. The highest BCUT2D eigenvalue weighted by Crippen LogP contribution is 2.34. The number of ether oxygens (including phenoxy) is 1. The summed E-state index contributed by atoms with van der Waals surface area (Å²) in [6.07, 6.45) is -0.0177. The SMILES string of the molecule is CC1Oc2c(cccc2C(=O)N2CCc3ccc(C(=O)O)cc3C2)NC1=O. The third-order valence-corrected chi connectivity index (χ3v) is 4.92. The number of carbonyl (C=O) groups is 3. The molecule has 2 heterocycles. The van der Waals surface area contributed by atoms with Crippen molar-refractivity contribution in [1.29, 1.82) is 0 Å². The lowest BCUT2D eigenvalue weighted by Gasteiger charge is -2.31. The summed E-state index contributed by atoms with van der Waals surface area (Å²) in [6.45, 7) is 2.49. The van der Waals surface area contributed by atoms with Crippen LogP contribution in [0, 0.1) is 0 Å². The number of aromatic carboxylic acids is 1. The van der Waals surface area contributed by atoms with Gasteiger partial charge in [-0.2, -0.15) is 0 Å². The molecule has 2 aromatic carbocycles. The Kier molecular flexibility index (Phi) is 4.07. The average Bonchev–Trinajstić information content (AvgIpc) is 2.67. The number of carbonyl (C=O) groups excluding carboxylic acids is 2. The van der Waals surface area contributed by atoms with Crippen molar-refractivity contribution in [2.24, 2.45) is 0 Å². The first-order valence-electron chi connectivity index (χ1n) is 8.69. The minimum Gasteiger partial charge on any atom is -0.478 e. The van der Waals surface area contributed by atoms with E-state index in [9.17, 15) is 19.5 Å². The molecule has 2 N–H and O–H groups in total. The van der Waals surface area contributed by atoms with Crippen LogP contribution in [0.5, 0.6) is 5.75 Å². The van der Waals surface area contributed by atoms with Crippen molar-refractivity contribution in [1.82, 2.24) is 4.90 Å². The third kappa shape index (κ3) is 3.01. The summed E-state index contributed by atoms with van der Waals surface area (Å²) in [4.78, 5) is 37.8. The van der Waals surface area contributed by atoms with Crippen LogP contribution in [0.15, 0.2) is 36.4 Å². The smallest absolute Gasteiger partial charge is 0.335 e. The van der Waals surface area contributed by atoms with Gasteiger partial charge in [-0.3, -0.25) is 9.59 Å². The molecule has 0 aliphatic carbocycles. The normalized spacial score (nSPS) is 18.0. The van der Waals surface area contributed by atoms with E-state index in [2.05, 4.69) is 5.32 Å². The first-order valence-corrected chi connectivity index (χ1v) is 8.69. The molecule has 7 heteroatoms. The van der Waals surface area contributed by atoms with E-state index in [4.69, 9.17) is 4.74 Å². The second-order valence-corrected chi connectivity index (χ2v) is 6.70. The van der Waals surface area contributed by atoms with Gasteiger partial charge in [0.05, 0.1) is 16.8 Å². The maximum Gasteiger partial charge on any atom is 0.335 e. The predicted molar refractivity (Wildman–Crippen MR) is 97.0 cm³/mol. The van der Waals surface area contributed by atoms with E-state index in [1.165, 1.54) is 0 Å². The highest BCUT2D eigenvalue weighted by atomic mass is 16.5. The van der Waals surface area contributed by atoms with Gasteiger partial charge in [0.15, 0.2) is 11.9 Å². The quantitative estimate of drug-likeness (QED) is 0.850. The Bertz CT molecular complexity index is 969. The van der Waals surface area contributed by atoms with E-state index in [-0.39, 0.29) is 17.4 Å². The fraction of sp³-hybridized carbons (Fsp3) is 0.250. The molecule has 0 saturated heterocycles. The van der Waals surface area contributed by atoms with Crippen LogP contribution in [-0.4, -0.2) is 40.4 Å². The highest BCUT2D eigenvalue weighted by molar-refractivity contribution is 6.04. The lowest BCUT2D eigenvalue weighted by atomic mass is 9.96. The largest absolute Gasteiger partial charge is 0.478 e. The zero-order chi connectivity index (χ0) is 19.1. The first-order chi connectivity index (χ1) is 12.9. The number of hydrogen-bond acceptors (Lipinski definition) is 4. The van der Waals surface area contributed by atoms with Crippen LogP contribution in [-0.2, 0) is 17.8 Å². The van der Waals surface area contributed by atoms with Gasteiger partial charge < -0.3 is 20.1 Å². The van der Waals surface area contributed by atoms with Crippen LogP contribution >= 0.6 is 0 Å². The fourth-order valence-electron chi connectivity index (χ4n) is 3.43. The Morgan fingerprint density at radius 2 is 2.04 bits per heavy atom. The highest BCUT2D eigenvalue weighted by Gasteiger charge is 2.30. The van der Waals surface area contributed by atoms with Gasteiger partial charge >= 0.3 is 5.97 Å². The van der Waals surface area contributed by atoms with E-state index in [1.807, 2.05) is 6.07 Å². The number of rotatable bonds is 2. The number of amides is 2. The number of anilines is 1. The van der Waals surface area contributed by atoms with Gasteiger partial charge in [0, 0.05) is 13.1 Å². The Balaban J connectivity index is 1.63. The van der Waals surface area contributed by atoms with Crippen molar-refractivity contribution < 1.29 is 24.2 Å². The van der Waals surface area contributed by atoms with Crippen LogP contribution < -0.4 is 10.1 Å². The van der Waals surface area contributed by atoms with E-state index in [1.54, 1.807) is 42.2 Å². The lowest BCUT2D eigenvalue weighted by molar-refractivity contribution is -0.122. The summed E-state index contributed by atoms with van der Waals surface area (Å²) in [6, 6.07) is 10.1. The van der Waals surface area contributed by atoms with Gasteiger partial charge in [-0.1, -0.05) is 12.1 Å². The number of nitrogens with zero attached hydrogens (tertiary/aromatic N) is 1. The maximum atomic E-state index is 13.1. The number of benzene rings is 2. The molecule has 1 unspecified atom stereocenters. The molecule has 1 atom stereocenters. The first kappa shape index (κ1) is 17.1. The van der Waals surface area contributed by atoms with Gasteiger partial charge in [-0.15, -0.1) is 0 Å². The molecule has 0 aromatic heterocycles. The molecule has 4 rings (SSSR count). The minimum absolute atomic E-state index is 0.207. The molecule has 0 spiro atoms. The Hall–Kier alpha value is -3.35. The van der Waals surface area contributed by atoms with Crippen LogP contribution in [0.2, 0.25) is 0 Å². The summed E-state index contributed by atoms with van der Waals surface area (Å²) in [5.74, 6) is -1.07. The second-order valence-electron chi connectivity index (χ2n) is 6.70. The molecule has 2 aromatic rings. The van der Waals surface area contributed by atoms with Gasteiger partial charge in [0.25, 0.3) is 11.8 Å². The van der Waals surface area contributed by atoms with Crippen LogP contribution in [0.1, 0.15) is 38.8 Å². The van der Waals surface area contributed by atoms with Crippen molar-refractivity contribution in [3.8, 4) is 5.75 Å². The molecule has 2 amide bonds. The molecule has 0 fully saturated rings. The monoisotopic (exact) mass is 366 g/mol. The van der Waals surface area contributed by atoms with E-state index in [0.29, 0.717) is 36.5 Å². The summed E-state index contributed by atoms with van der Waals surface area (Å²) < 4.78 is 5.67. The summed E-state index contributed by atoms with van der Waals surface area (Å²) in [5, 5.41) is 11.9. The summed E-state index contributed by atoms with van der Waals surface area (Å²) in [7, 11) is 0. The van der Waals surface area contributed by atoms with E-state index in [0.717, 1.165) is 11.1 Å². The van der Waals surface area contributed by atoms with Crippen molar-refractivity contribution in [2.75, 3.05) is 11.9 Å². The molecule has 27 heavy (non-hydrogen) atoms. The molecule has 2 aliphatic rings. The van der Waals surface area contributed by atoms with Gasteiger partial charge in [0.2, 0.25) is 0 Å². The van der Waals surface area contributed by atoms with Crippen LogP contribution in [0.25, 0.3) is 0 Å². The van der Waals surface area contributed by atoms with E-state index >= 15 is 0 Å². The molecular formula is C20H18N2O5. The van der Waals surface area contributed by atoms with Gasteiger partial charge in [0.1, 0.15) is 0 Å². The zero-order valence-electron chi connectivity index (χ0n) is 14.7. The van der Waals surface area contributed by atoms with Crippen molar-refractivity contribution in [3.05, 3.63) is 58.7 Å². The van der Waals surface area contributed by atoms with Crippen LogP contribution in [0.3, 0.4) is 0 Å². The zero-order valence-corrected chi connectivity index (χ0v) is 14.7. The standard InChI is InChI=1S/C20H18N2O5/c1-11-18(23)21-16-4-2-3-15(17(16)27-11)19(24)22-8-7-12-5-6-13(20(25)26)9-14(12)10-22/h2-6,9,11H,7-8,10H2,1H3,(H,21,23)(H,25,26). The molecule has 2 aliphatic heterocycles. The second kappa shape index (κ2) is 6.42. The molecule has 7 nitrogen and oxygen atoms in total. The third-order valence-electron chi connectivity index (χ3n) is 4.92. The Morgan fingerprint density at radius 1 is 1.22 bits per heavy atom. The molecular weight excluding hydrogens is 348 g/mol. The molecule has 138 valence electrons. The van der Waals surface area contributed by atoms with Crippen LogP contribution in [0.4, 0.5) is 5.69 Å². The minimum atomic E-state index is -0.989. The predicted octanol–water partition coefficient (Wildman–Crippen LogP) is 2.30. The van der Waals surface area contributed by atoms with Crippen molar-refractivity contribution >= 4 is 23.5 Å². The summed E-state index contributed by atoms with van der Waals surface area (Å²) >= 11 is 0. The number of carboxylic acids is 1. The van der Waals surface area contributed by atoms with Crippen molar-refractivity contribution in [3.63, 3.8) is 0 Å². The van der Waals surface area contributed by atoms with E-state index < -0.39 is 12.1 Å².